The summed E-state index contributed by atoms with van der Waals surface area (Å²) >= 11 is 12.5. The first-order valence-electron chi connectivity index (χ1n) is 8.03. The van der Waals surface area contributed by atoms with E-state index in [0.717, 1.165) is 45.4 Å². The maximum atomic E-state index is 6.25. The van der Waals surface area contributed by atoms with Gasteiger partial charge in [-0.05, 0) is 61.1 Å². The lowest BCUT2D eigenvalue weighted by Crippen LogP contribution is -2.16. The maximum absolute atomic E-state index is 6.25. The minimum atomic E-state index is 0.627. The van der Waals surface area contributed by atoms with Crippen LogP contribution in [-0.2, 0) is 12.8 Å². The van der Waals surface area contributed by atoms with Crippen LogP contribution in [0.15, 0.2) is 24.3 Å². The van der Waals surface area contributed by atoms with E-state index in [9.17, 15) is 0 Å². The molecule has 0 amide bonds. The molecule has 2 nitrogen and oxygen atoms in total. The van der Waals surface area contributed by atoms with Crippen LogP contribution < -0.4 is 10.6 Å². The van der Waals surface area contributed by atoms with Gasteiger partial charge in [-0.2, -0.15) is 0 Å². The van der Waals surface area contributed by atoms with Crippen LogP contribution in [0.2, 0.25) is 10.0 Å². The molecule has 0 aromatic heterocycles. The molecule has 0 saturated carbocycles. The van der Waals surface area contributed by atoms with Gasteiger partial charge in [-0.1, -0.05) is 49.2 Å². The maximum Gasteiger partial charge on any atom is 0.0849 e. The van der Waals surface area contributed by atoms with E-state index < -0.39 is 0 Å². The first-order chi connectivity index (χ1) is 11.0. The molecule has 0 aliphatic heterocycles. The monoisotopic (exact) mass is 350 g/mol. The Morgan fingerprint density at radius 2 is 1.13 bits per heavy atom. The van der Waals surface area contributed by atoms with Crippen molar-refractivity contribution in [2.24, 2.45) is 0 Å². The van der Waals surface area contributed by atoms with Gasteiger partial charge in [0.15, 0.2) is 0 Å². The molecule has 4 heteroatoms. The van der Waals surface area contributed by atoms with Crippen molar-refractivity contribution in [2.75, 3.05) is 17.3 Å². The van der Waals surface area contributed by atoms with Crippen molar-refractivity contribution in [1.82, 2.24) is 0 Å². The van der Waals surface area contributed by atoms with Gasteiger partial charge in [0.05, 0.1) is 6.67 Å². The third-order valence-electron chi connectivity index (χ3n) is 4.26. The highest BCUT2D eigenvalue weighted by molar-refractivity contribution is 6.32. The number of benzene rings is 2. The largest absolute Gasteiger partial charge is 0.367 e. The van der Waals surface area contributed by atoms with Gasteiger partial charge in [0.25, 0.3) is 0 Å². The molecule has 0 unspecified atom stereocenters. The highest BCUT2D eigenvalue weighted by atomic mass is 35.5. The van der Waals surface area contributed by atoms with E-state index in [2.05, 4.69) is 36.6 Å². The molecule has 0 heterocycles. The summed E-state index contributed by atoms with van der Waals surface area (Å²) in [4.78, 5) is 0. The number of aryl methyl sites for hydroxylation is 2. The van der Waals surface area contributed by atoms with Crippen LogP contribution in [0.4, 0.5) is 11.4 Å². The Bertz CT molecular complexity index is 637. The molecule has 0 radical (unpaired) electrons. The third kappa shape index (κ3) is 3.94. The molecule has 2 aromatic carbocycles. The average molecular weight is 351 g/mol. The van der Waals surface area contributed by atoms with Crippen molar-refractivity contribution >= 4 is 34.6 Å². The van der Waals surface area contributed by atoms with E-state index in [1.165, 1.54) is 11.1 Å². The second-order valence-electron chi connectivity index (χ2n) is 5.65. The molecule has 0 aliphatic rings. The lowest BCUT2D eigenvalue weighted by Gasteiger charge is -2.19. The Morgan fingerprint density at radius 3 is 1.48 bits per heavy atom. The van der Waals surface area contributed by atoms with Gasteiger partial charge in [-0.25, -0.2) is 0 Å². The Labute approximate surface area is 149 Å². The molecule has 0 bridgehead atoms. The predicted octanol–water partition coefficient (Wildman–Crippen LogP) is 6.22. The second kappa shape index (κ2) is 7.94. The Morgan fingerprint density at radius 1 is 0.739 bits per heavy atom. The molecule has 2 rings (SSSR count). The first kappa shape index (κ1) is 18.0. The van der Waals surface area contributed by atoms with E-state index in [-0.39, 0.29) is 0 Å². The summed E-state index contributed by atoms with van der Waals surface area (Å²) in [6.45, 7) is 9.02. The summed E-state index contributed by atoms with van der Waals surface area (Å²) in [5.74, 6) is 0. The van der Waals surface area contributed by atoms with Gasteiger partial charge >= 0.3 is 0 Å². The van der Waals surface area contributed by atoms with Gasteiger partial charge in [0.2, 0.25) is 0 Å². The van der Waals surface area contributed by atoms with E-state index in [1.54, 1.807) is 0 Å². The fourth-order valence-corrected chi connectivity index (χ4v) is 3.10. The minimum Gasteiger partial charge on any atom is -0.367 e. The summed E-state index contributed by atoms with van der Waals surface area (Å²) in [5, 5.41) is 8.54. The van der Waals surface area contributed by atoms with Gasteiger partial charge < -0.3 is 10.6 Å². The van der Waals surface area contributed by atoms with Crippen molar-refractivity contribution in [3.8, 4) is 0 Å². The summed E-state index contributed by atoms with van der Waals surface area (Å²) in [7, 11) is 0. The quantitative estimate of drug-likeness (QED) is 0.604. The summed E-state index contributed by atoms with van der Waals surface area (Å²) in [6.07, 6.45) is 1.94. The predicted molar refractivity (Wildman–Crippen MR) is 103 cm³/mol. The zero-order valence-electron chi connectivity index (χ0n) is 14.2. The van der Waals surface area contributed by atoms with Crippen LogP contribution in [0.5, 0.6) is 0 Å². The van der Waals surface area contributed by atoms with Crippen LogP contribution in [0.1, 0.15) is 36.1 Å². The summed E-state index contributed by atoms with van der Waals surface area (Å²) in [6, 6.07) is 8.09. The normalized spacial score (nSPS) is 10.7. The number of anilines is 2. The molecular weight excluding hydrogens is 327 g/mol. The van der Waals surface area contributed by atoms with E-state index in [1.807, 2.05) is 26.0 Å². The molecule has 2 N–H and O–H groups in total. The van der Waals surface area contributed by atoms with Crippen molar-refractivity contribution in [3.05, 3.63) is 56.6 Å². The molecule has 0 aliphatic carbocycles. The Balaban J connectivity index is 2.18. The first-order valence-corrected chi connectivity index (χ1v) is 8.78. The molecule has 2 aromatic rings. The van der Waals surface area contributed by atoms with Crippen molar-refractivity contribution in [1.29, 1.82) is 0 Å². The van der Waals surface area contributed by atoms with Crippen LogP contribution >= 0.6 is 23.2 Å². The molecule has 0 fully saturated rings. The van der Waals surface area contributed by atoms with Crippen LogP contribution in [0.25, 0.3) is 0 Å². The molecule has 0 spiro atoms. The Hall–Kier alpha value is -1.38. The molecule has 0 atom stereocenters. The topological polar surface area (TPSA) is 24.1 Å². The minimum absolute atomic E-state index is 0.627. The molecular formula is C19H24Cl2N2. The van der Waals surface area contributed by atoms with Gasteiger partial charge in [0.1, 0.15) is 0 Å². The van der Waals surface area contributed by atoms with Crippen LogP contribution in [0.3, 0.4) is 0 Å². The van der Waals surface area contributed by atoms with E-state index in [0.29, 0.717) is 6.67 Å². The van der Waals surface area contributed by atoms with Crippen molar-refractivity contribution < 1.29 is 0 Å². The summed E-state index contributed by atoms with van der Waals surface area (Å²) in [5.41, 5.74) is 6.95. The third-order valence-corrected chi connectivity index (χ3v) is 5.08. The number of halogens is 2. The second-order valence-corrected chi connectivity index (χ2v) is 6.46. The Kier molecular flexibility index (Phi) is 6.20. The standard InChI is InChI=1S/C19H24Cl2N2/c1-5-14-7-9-16(20)12(3)18(14)22-11-23-19-13(4)17(21)10-8-15(19)6-2/h7-10,22-23H,5-6,11H2,1-4H3. The lowest BCUT2D eigenvalue weighted by molar-refractivity contribution is 1.08. The van der Waals surface area contributed by atoms with Crippen LogP contribution in [-0.4, -0.2) is 6.67 Å². The number of rotatable bonds is 6. The van der Waals surface area contributed by atoms with Gasteiger partial charge in [-0.15, -0.1) is 0 Å². The van der Waals surface area contributed by atoms with Crippen LogP contribution in [0, 0.1) is 13.8 Å². The number of nitrogens with one attached hydrogen (secondary N) is 2. The van der Waals surface area contributed by atoms with E-state index in [4.69, 9.17) is 23.2 Å². The van der Waals surface area contributed by atoms with Crippen molar-refractivity contribution in [3.63, 3.8) is 0 Å². The fourth-order valence-electron chi connectivity index (χ4n) is 2.79. The number of hydrogen-bond acceptors (Lipinski definition) is 2. The van der Waals surface area contributed by atoms with E-state index >= 15 is 0 Å². The van der Waals surface area contributed by atoms with Gasteiger partial charge in [0, 0.05) is 21.4 Å². The lowest BCUT2D eigenvalue weighted by atomic mass is 10.1. The average Bonchev–Trinajstić information content (AvgIpc) is 2.55. The SMILES string of the molecule is CCc1ccc(Cl)c(C)c1NCNc1c(CC)ccc(Cl)c1C. The molecule has 124 valence electrons. The zero-order chi connectivity index (χ0) is 17.0. The fraction of sp³-hybridized carbons (Fsp3) is 0.368. The number of hydrogen-bond donors (Lipinski definition) is 2. The molecule has 23 heavy (non-hydrogen) atoms. The smallest absolute Gasteiger partial charge is 0.0849 e. The zero-order valence-corrected chi connectivity index (χ0v) is 15.7. The highest BCUT2D eigenvalue weighted by Gasteiger charge is 2.10. The molecule has 0 saturated heterocycles. The van der Waals surface area contributed by atoms with Gasteiger partial charge in [-0.3, -0.25) is 0 Å². The van der Waals surface area contributed by atoms with Crippen molar-refractivity contribution in [2.45, 2.75) is 40.5 Å². The highest BCUT2D eigenvalue weighted by Crippen LogP contribution is 2.30. The summed E-state index contributed by atoms with van der Waals surface area (Å²) < 4.78 is 0.